The molecule has 3 nitrogen and oxygen atoms in total. The molecule has 0 spiro atoms. The van der Waals surface area contributed by atoms with Crippen molar-refractivity contribution < 1.29 is 0 Å². The Morgan fingerprint density at radius 3 is 2.37 bits per heavy atom. The van der Waals surface area contributed by atoms with Crippen molar-refractivity contribution in [1.82, 2.24) is 10.3 Å². The van der Waals surface area contributed by atoms with Crippen LogP contribution in [-0.2, 0) is 0 Å². The normalized spacial score (nSPS) is 33.7. The first-order chi connectivity index (χ1) is 13.0. The van der Waals surface area contributed by atoms with Crippen molar-refractivity contribution in [3.05, 3.63) is 29.6 Å². The number of hydrogen-bond donors (Lipinski definition) is 1. The molecule has 5 atom stereocenters. The predicted octanol–water partition coefficient (Wildman–Crippen LogP) is 5.94. The highest BCUT2D eigenvalue weighted by atomic mass is 15.0. The number of hydrogen-bond acceptors (Lipinski definition) is 3. The number of rotatable bonds is 5. The second-order valence-corrected chi connectivity index (χ2v) is 9.29. The van der Waals surface area contributed by atoms with Gasteiger partial charge in [0.1, 0.15) is 0 Å². The van der Waals surface area contributed by atoms with Crippen LogP contribution in [0.25, 0.3) is 0 Å². The summed E-state index contributed by atoms with van der Waals surface area (Å²) in [5.74, 6) is 2.19. The van der Waals surface area contributed by atoms with Gasteiger partial charge in [-0.2, -0.15) is 0 Å². The van der Waals surface area contributed by atoms with Crippen LogP contribution in [0.2, 0.25) is 0 Å². The molecular formula is C24H39N3. The van der Waals surface area contributed by atoms with Crippen LogP contribution in [0.5, 0.6) is 0 Å². The highest BCUT2D eigenvalue weighted by Gasteiger charge is 2.29. The van der Waals surface area contributed by atoms with E-state index in [1.807, 2.05) is 0 Å². The number of nitrogens with one attached hydrogen (secondary N) is 1. The van der Waals surface area contributed by atoms with Gasteiger partial charge in [0.15, 0.2) is 0 Å². The number of pyridine rings is 1. The van der Waals surface area contributed by atoms with Gasteiger partial charge in [-0.1, -0.05) is 46.1 Å². The maximum atomic E-state index is 5.06. The minimum Gasteiger partial charge on any atom is -0.306 e. The van der Waals surface area contributed by atoms with Gasteiger partial charge in [0, 0.05) is 12.1 Å². The number of nitrogens with zero attached hydrogens (tertiary/aromatic N) is 2. The van der Waals surface area contributed by atoms with Crippen LogP contribution in [0, 0.1) is 17.8 Å². The van der Waals surface area contributed by atoms with Crippen molar-refractivity contribution in [2.45, 2.75) is 97.7 Å². The summed E-state index contributed by atoms with van der Waals surface area (Å²) in [6.07, 6.45) is 9.28. The van der Waals surface area contributed by atoms with Crippen LogP contribution in [0.3, 0.4) is 0 Å². The molecule has 0 saturated heterocycles. The fourth-order valence-electron chi connectivity index (χ4n) is 5.08. The van der Waals surface area contributed by atoms with Gasteiger partial charge >= 0.3 is 0 Å². The maximum Gasteiger partial charge on any atom is 0.0841 e. The molecule has 0 amide bonds. The van der Waals surface area contributed by atoms with Crippen LogP contribution >= 0.6 is 0 Å². The third-order valence-corrected chi connectivity index (χ3v) is 7.00. The molecule has 0 aliphatic heterocycles. The van der Waals surface area contributed by atoms with Crippen molar-refractivity contribution in [3.63, 3.8) is 0 Å². The SMILES string of the molecule is CC(=NC1CCCCC1C)c1cccc(C(C)NC2C(C)CCCC2C)n1. The monoisotopic (exact) mass is 369 g/mol. The summed E-state index contributed by atoms with van der Waals surface area (Å²) in [6.45, 7) is 11.5. The largest absolute Gasteiger partial charge is 0.306 e. The Morgan fingerprint density at radius 2 is 1.67 bits per heavy atom. The quantitative estimate of drug-likeness (QED) is 0.652. The van der Waals surface area contributed by atoms with E-state index < -0.39 is 0 Å². The number of aromatic nitrogens is 1. The molecule has 1 N–H and O–H groups in total. The van der Waals surface area contributed by atoms with Gasteiger partial charge in [0.05, 0.1) is 23.1 Å². The summed E-state index contributed by atoms with van der Waals surface area (Å²) in [5.41, 5.74) is 3.29. The Balaban J connectivity index is 1.70. The molecule has 2 fully saturated rings. The topological polar surface area (TPSA) is 37.3 Å². The Hall–Kier alpha value is -1.22. The molecule has 5 unspecified atom stereocenters. The van der Waals surface area contributed by atoms with Crippen molar-refractivity contribution in [3.8, 4) is 0 Å². The van der Waals surface area contributed by atoms with Gasteiger partial charge in [-0.15, -0.1) is 0 Å². The molecule has 150 valence electrons. The Bertz CT molecular complexity index is 628. The Morgan fingerprint density at radius 1 is 1.00 bits per heavy atom. The van der Waals surface area contributed by atoms with Gasteiger partial charge in [0.25, 0.3) is 0 Å². The zero-order valence-electron chi connectivity index (χ0n) is 18.0. The van der Waals surface area contributed by atoms with Gasteiger partial charge in [-0.25, -0.2) is 4.98 Å². The highest BCUT2D eigenvalue weighted by molar-refractivity contribution is 5.97. The third kappa shape index (κ3) is 5.19. The Labute approximate surface area is 166 Å². The first kappa shape index (κ1) is 20.5. The van der Waals surface area contributed by atoms with E-state index in [0.29, 0.717) is 18.0 Å². The molecule has 0 radical (unpaired) electrons. The van der Waals surface area contributed by atoms with E-state index in [2.05, 4.69) is 58.1 Å². The second kappa shape index (κ2) is 9.32. The van der Waals surface area contributed by atoms with Crippen LogP contribution in [0.1, 0.15) is 97.0 Å². The van der Waals surface area contributed by atoms with E-state index in [1.165, 1.54) is 44.9 Å². The molecule has 27 heavy (non-hydrogen) atoms. The third-order valence-electron chi connectivity index (χ3n) is 7.00. The second-order valence-electron chi connectivity index (χ2n) is 9.29. The minimum absolute atomic E-state index is 0.277. The molecule has 1 aromatic rings. The maximum absolute atomic E-state index is 5.06. The molecule has 3 heteroatoms. The molecule has 2 aliphatic rings. The highest BCUT2D eigenvalue weighted by Crippen LogP contribution is 2.30. The van der Waals surface area contributed by atoms with E-state index in [9.17, 15) is 0 Å². The summed E-state index contributed by atoms with van der Waals surface area (Å²) in [6, 6.07) is 7.78. The molecular weight excluding hydrogens is 330 g/mol. The van der Waals surface area contributed by atoms with E-state index >= 15 is 0 Å². The average Bonchev–Trinajstić information content (AvgIpc) is 2.66. The van der Waals surface area contributed by atoms with E-state index in [0.717, 1.165) is 28.9 Å². The fraction of sp³-hybridized carbons (Fsp3) is 0.750. The van der Waals surface area contributed by atoms with E-state index in [4.69, 9.17) is 9.98 Å². The molecule has 2 saturated carbocycles. The molecule has 1 aromatic heterocycles. The van der Waals surface area contributed by atoms with Gasteiger partial charge < -0.3 is 5.32 Å². The lowest BCUT2D eigenvalue weighted by Gasteiger charge is -2.37. The lowest BCUT2D eigenvalue weighted by molar-refractivity contribution is 0.195. The summed E-state index contributed by atoms with van der Waals surface area (Å²) in [5, 5.41) is 3.89. The standard InChI is InChI=1S/C24H39N3/c1-16-10-6-7-13-21(16)25-19(4)22-14-9-15-23(27-22)20(5)26-24-17(2)11-8-12-18(24)3/h9,14-18,20-21,24,26H,6-8,10-13H2,1-5H3. The van der Waals surface area contributed by atoms with Crippen molar-refractivity contribution in [2.24, 2.45) is 22.7 Å². The first-order valence-corrected chi connectivity index (χ1v) is 11.2. The van der Waals surface area contributed by atoms with Crippen molar-refractivity contribution in [1.29, 1.82) is 0 Å². The van der Waals surface area contributed by atoms with Gasteiger partial charge in [-0.05, 0) is 69.4 Å². The molecule has 0 aromatic carbocycles. The smallest absolute Gasteiger partial charge is 0.0841 e. The van der Waals surface area contributed by atoms with Crippen molar-refractivity contribution in [2.75, 3.05) is 0 Å². The summed E-state index contributed by atoms with van der Waals surface area (Å²) >= 11 is 0. The average molecular weight is 370 g/mol. The van der Waals surface area contributed by atoms with E-state index in [1.54, 1.807) is 0 Å². The van der Waals surface area contributed by atoms with Crippen LogP contribution in [0.15, 0.2) is 23.2 Å². The van der Waals surface area contributed by atoms with E-state index in [-0.39, 0.29) is 6.04 Å². The molecule has 0 bridgehead atoms. The lowest BCUT2D eigenvalue weighted by atomic mass is 9.78. The zero-order valence-corrected chi connectivity index (χ0v) is 18.0. The summed E-state index contributed by atoms with van der Waals surface area (Å²) < 4.78 is 0. The minimum atomic E-state index is 0.277. The van der Waals surface area contributed by atoms with Gasteiger partial charge in [0.2, 0.25) is 0 Å². The molecule has 1 heterocycles. The molecule has 2 aliphatic carbocycles. The van der Waals surface area contributed by atoms with Crippen LogP contribution < -0.4 is 5.32 Å². The summed E-state index contributed by atoms with van der Waals surface area (Å²) in [7, 11) is 0. The lowest BCUT2D eigenvalue weighted by Crippen LogP contribution is -2.44. The molecule has 3 rings (SSSR count). The van der Waals surface area contributed by atoms with Crippen molar-refractivity contribution >= 4 is 5.71 Å². The Kier molecular flexibility index (Phi) is 7.08. The first-order valence-electron chi connectivity index (χ1n) is 11.2. The van der Waals surface area contributed by atoms with Crippen LogP contribution in [-0.4, -0.2) is 22.8 Å². The zero-order chi connectivity index (χ0) is 19.4. The predicted molar refractivity (Wildman–Crippen MR) is 115 cm³/mol. The fourth-order valence-corrected chi connectivity index (χ4v) is 5.08. The summed E-state index contributed by atoms with van der Waals surface area (Å²) in [4.78, 5) is 10.0. The number of aliphatic imine (C=N–C) groups is 1. The van der Waals surface area contributed by atoms with Crippen LogP contribution in [0.4, 0.5) is 0 Å². The van der Waals surface area contributed by atoms with Gasteiger partial charge in [-0.3, -0.25) is 4.99 Å².